The summed E-state index contributed by atoms with van der Waals surface area (Å²) in [6.07, 6.45) is 2.84. The van der Waals surface area contributed by atoms with Gasteiger partial charge in [0.1, 0.15) is 0 Å². The average molecular weight is 207 g/mol. The van der Waals surface area contributed by atoms with Crippen molar-refractivity contribution in [1.82, 2.24) is 4.98 Å². The second-order valence-electron chi connectivity index (χ2n) is 2.32. The minimum absolute atomic E-state index is 0.236. The molecule has 12 heavy (non-hydrogen) atoms. The number of aromatic nitrogens is 1. The zero-order valence-corrected chi connectivity index (χ0v) is 7.64. The fourth-order valence-corrected chi connectivity index (χ4v) is 1.59. The van der Waals surface area contributed by atoms with E-state index in [-0.39, 0.29) is 5.75 Å². The normalized spacial score (nSPS) is 11.5. The highest BCUT2D eigenvalue weighted by atomic mass is 35.5. The summed E-state index contributed by atoms with van der Waals surface area (Å²) in [5, 5.41) is 5.22. The molecule has 0 aliphatic rings. The number of hydrogen-bond acceptors (Lipinski definition) is 3. The van der Waals surface area contributed by atoms with E-state index in [1.54, 1.807) is 0 Å². The third-order valence-electron chi connectivity index (χ3n) is 1.13. The van der Waals surface area contributed by atoms with Crippen LogP contribution < -0.4 is 5.14 Å². The molecule has 0 aromatic carbocycles. The largest absolute Gasteiger partial charge is 0.263 e. The lowest BCUT2D eigenvalue weighted by Gasteiger charge is -1.97. The number of primary sulfonamides is 1. The molecule has 0 unspecified atom stereocenters. The highest BCUT2D eigenvalue weighted by molar-refractivity contribution is 7.88. The maximum Gasteiger partial charge on any atom is 0.213 e. The number of rotatable bonds is 2. The van der Waals surface area contributed by atoms with E-state index >= 15 is 0 Å². The van der Waals surface area contributed by atoms with Gasteiger partial charge < -0.3 is 0 Å². The molecule has 0 radical (unpaired) electrons. The maximum atomic E-state index is 10.6. The van der Waals surface area contributed by atoms with Gasteiger partial charge in [0.25, 0.3) is 0 Å². The van der Waals surface area contributed by atoms with Crippen molar-refractivity contribution in [1.29, 1.82) is 0 Å². The van der Waals surface area contributed by atoms with Gasteiger partial charge in [0.2, 0.25) is 10.0 Å². The Bertz CT molecular complexity index is 377. The molecule has 0 aliphatic carbocycles. The first-order chi connectivity index (χ1) is 5.47. The number of nitrogens with two attached hydrogens (primary N) is 1. The quantitative estimate of drug-likeness (QED) is 0.767. The first-order valence-electron chi connectivity index (χ1n) is 3.07. The van der Waals surface area contributed by atoms with Crippen molar-refractivity contribution in [3.8, 4) is 0 Å². The Hall–Kier alpha value is -0.650. The summed E-state index contributed by atoms with van der Waals surface area (Å²) in [5.41, 5.74) is 0.491. The van der Waals surface area contributed by atoms with Crippen LogP contribution in [0.25, 0.3) is 0 Å². The molecule has 1 aromatic rings. The summed E-state index contributed by atoms with van der Waals surface area (Å²) >= 11 is 5.58. The van der Waals surface area contributed by atoms with Crippen molar-refractivity contribution in [3.05, 3.63) is 29.0 Å². The first-order valence-corrected chi connectivity index (χ1v) is 5.16. The molecule has 6 heteroatoms. The topological polar surface area (TPSA) is 73.1 Å². The second kappa shape index (κ2) is 3.38. The van der Waals surface area contributed by atoms with Crippen LogP contribution in [0.15, 0.2) is 18.5 Å². The van der Waals surface area contributed by atoms with E-state index in [1.165, 1.54) is 18.5 Å². The maximum absolute atomic E-state index is 10.6. The second-order valence-corrected chi connectivity index (χ2v) is 4.37. The van der Waals surface area contributed by atoms with Gasteiger partial charge in [-0.3, -0.25) is 4.98 Å². The van der Waals surface area contributed by atoms with Crippen molar-refractivity contribution >= 4 is 21.6 Å². The minimum atomic E-state index is -3.49. The first kappa shape index (κ1) is 9.44. The van der Waals surface area contributed by atoms with Crippen LogP contribution in [0.1, 0.15) is 5.56 Å². The van der Waals surface area contributed by atoms with Crippen molar-refractivity contribution in [2.75, 3.05) is 0 Å². The molecule has 0 aliphatic heterocycles. The fraction of sp³-hybridized carbons (Fsp3) is 0.167. The summed E-state index contributed by atoms with van der Waals surface area (Å²) in [7, 11) is -3.49. The van der Waals surface area contributed by atoms with E-state index in [2.05, 4.69) is 4.98 Å². The van der Waals surface area contributed by atoms with Crippen LogP contribution in [-0.2, 0) is 15.8 Å². The Labute approximate surface area is 75.4 Å². The predicted octanol–water partition coefficient (Wildman–Crippen LogP) is 0.524. The van der Waals surface area contributed by atoms with Crippen LogP contribution >= 0.6 is 11.6 Å². The highest BCUT2D eigenvalue weighted by Gasteiger charge is 2.04. The van der Waals surface area contributed by atoms with Gasteiger partial charge >= 0.3 is 0 Å². The number of sulfonamides is 1. The number of hydrogen-bond donors (Lipinski definition) is 1. The molecule has 4 nitrogen and oxygen atoms in total. The van der Waals surface area contributed by atoms with Gasteiger partial charge in [-0.2, -0.15) is 0 Å². The van der Waals surface area contributed by atoms with Gasteiger partial charge in [-0.05, 0) is 11.6 Å². The van der Waals surface area contributed by atoms with Gasteiger partial charge in [0, 0.05) is 12.4 Å². The third-order valence-corrected chi connectivity index (χ3v) is 2.07. The monoisotopic (exact) mass is 206 g/mol. The summed E-state index contributed by atoms with van der Waals surface area (Å²) < 4.78 is 21.2. The molecule has 0 spiro atoms. The number of nitrogens with zero attached hydrogens (tertiary/aromatic N) is 1. The summed E-state index contributed by atoms with van der Waals surface area (Å²) in [5.74, 6) is -0.236. The molecule has 0 amide bonds. The standard InChI is InChI=1S/C6H7ClN2O2S/c7-6-1-5(2-9-3-6)4-12(8,10)11/h1-3H,4H2,(H2,8,10,11). The number of halogens is 1. The van der Waals surface area contributed by atoms with Crippen LogP contribution in [0.4, 0.5) is 0 Å². The van der Waals surface area contributed by atoms with Crippen molar-refractivity contribution in [2.24, 2.45) is 5.14 Å². The van der Waals surface area contributed by atoms with Gasteiger partial charge in [-0.1, -0.05) is 11.6 Å². The van der Waals surface area contributed by atoms with Gasteiger partial charge in [-0.25, -0.2) is 13.6 Å². The smallest absolute Gasteiger partial charge is 0.213 e. The zero-order chi connectivity index (χ0) is 9.19. The predicted molar refractivity (Wildman–Crippen MR) is 46.1 cm³/mol. The molecule has 1 aromatic heterocycles. The Balaban J connectivity index is 2.91. The molecule has 1 rings (SSSR count). The third kappa shape index (κ3) is 3.17. The highest BCUT2D eigenvalue weighted by Crippen LogP contribution is 2.09. The molecule has 1 heterocycles. The molecule has 0 bridgehead atoms. The van der Waals surface area contributed by atoms with Crippen LogP contribution in [0.5, 0.6) is 0 Å². The van der Waals surface area contributed by atoms with E-state index in [1.807, 2.05) is 0 Å². The summed E-state index contributed by atoms with van der Waals surface area (Å²) in [6, 6.07) is 1.51. The molecule has 66 valence electrons. The van der Waals surface area contributed by atoms with E-state index in [9.17, 15) is 8.42 Å². The Kier molecular flexibility index (Phi) is 2.66. The summed E-state index contributed by atoms with van der Waals surface area (Å²) in [6.45, 7) is 0. The lowest BCUT2D eigenvalue weighted by molar-refractivity contribution is 0.597. The summed E-state index contributed by atoms with van der Waals surface area (Å²) in [4.78, 5) is 3.72. The Morgan fingerprint density at radius 2 is 2.17 bits per heavy atom. The van der Waals surface area contributed by atoms with Crippen molar-refractivity contribution in [3.63, 3.8) is 0 Å². The minimum Gasteiger partial charge on any atom is -0.263 e. The van der Waals surface area contributed by atoms with E-state index in [4.69, 9.17) is 16.7 Å². The average Bonchev–Trinajstić information content (AvgIpc) is 1.82. The van der Waals surface area contributed by atoms with Gasteiger partial charge in [0.15, 0.2) is 0 Å². The molecular formula is C6H7ClN2O2S. The van der Waals surface area contributed by atoms with Crippen LogP contribution in [0.2, 0.25) is 5.02 Å². The molecular weight excluding hydrogens is 200 g/mol. The molecule has 0 saturated carbocycles. The van der Waals surface area contributed by atoms with E-state index in [0.29, 0.717) is 10.6 Å². The van der Waals surface area contributed by atoms with E-state index in [0.717, 1.165) is 0 Å². The van der Waals surface area contributed by atoms with Gasteiger partial charge in [0.05, 0.1) is 10.8 Å². The van der Waals surface area contributed by atoms with Crippen molar-refractivity contribution in [2.45, 2.75) is 5.75 Å². The fourth-order valence-electron chi connectivity index (χ4n) is 0.767. The molecule has 0 saturated heterocycles. The lowest BCUT2D eigenvalue weighted by Crippen LogP contribution is -2.14. The van der Waals surface area contributed by atoms with Crippen molar-refractivity contribution < 1.29 is 8.42 Å². The SMILES string of the molecule is NS(=O)(=O)Cc1cncc(Cl)c1. The molecule has 2 N–H and O–H groups in total. The van der Waals surface area contributed by atoms with Gasteiger partial charge in [-0.15, -0.1) is 0 Å². The number of pyridine rings is 1. The van der Waals surface area contributed by atoms with Crippen LogP contribution in [-0.4, -0.2) is 13.4 Å². The molecule has 0 fully saturated rings. The Morgan fingerprint density at radius 1 is 1.50 bits per heavy atom. The van der Waals surface area contributed by atoms with Crippen LogP contribution in [0.3, 0.4) is 0 Å². The molecule has 0 atom stereocenters. The lowest BCUT2D eigenvalue weighted by atomic mass is 10.3. The Morgan fingerprint density at radius 3 is 2.67 bits per heavy atom. The van der Waals surface area contributed by atoms with Crippen LogP contribution in [0, 0.1) is 0 Å². The zero-order valence-electron chi connectivity index (χ0n) is 6.07. The van der Waals surface area contributed by atoms with E-state index < -0.39 is 10.0 Å².